The van der Waals surface area contributed by atoms with Crippen molar-refractivity contribution in [2.75, 3.05) is 0 Å². The molecule has 0 fully saturated rings. The van der Waals surface area contributed by atoms with Crippen LogP contribution in [0.3, 0.4) is 0 Å². The summed E-state index contributed by atoms with van der Waals surface area (Å²) in [6, 6.07) is 36.5. The monoisotopic (exact) mass is 788 g/mol. The summed E-state index contributed by atoms with van der Waals surface area (Å²) in [7, 11) is -1.67. The van der Waals surface area contributed by atoms with Gasteiger partial charge in [-0.1, -0.05) is 86.4 Å². The fraction of sp³-hybridized carbons (Fsp3) is 0.231. The summed E-state index contributed by atoms with van der Waals surface area (Å²) in [5, 5.41) is 3.34. The Morgan fingerprint density at radius 1 is 0.911 bits per heavy atom. The van der Waals surface area contributed by atoms with Gasteiger partial charge in [0.15, 0.2) is 0 Å². The van der Waals surface area contributed by atoms with E-state index in [0.29, 0.717) is 0 Å². The molecule has 0 atom stereocenters. The molecule has 0 aliphatic carbocycles. The number of para-hydroxylation sites is 3. The smallest absolute Gasteiger partial charge is 0.120 e. The van der Waals surface area contributed by atoms with Gasteiger partial charge in [-0.25, -0.2) is 0 Å². The van der Waals surface area contributed by atoms with Crippen LogP contribution in [-0.2, 0) is 33.0 Å². The maximum Gasteiger partial charge on any atom is 0.120 e. The van der Waals surface area contributed by atoms with Crippen LogP contribution in [0.4, 0.5) is 0 Å². The van der Waals surface area contributed by atoms with E-state index in [0.717, 1.165) is 72.9 Å². The third-order valence-electron chi connectivity index (χ3n) is 7.67. The number of aryl methyl sites for hydroxylation is 1. The second-order valence-electron chi connectivity index (χ2n) is 12.3. The molecule has 7 rings (SSSR count). The fourth-order valence-electron chi connectivity index (χ4n) is 5.63. The molecular formula is C39H39IrN3OSi-2. The van der Waals surface area contributed by atoms with Crippen molar-refractivity contribution >= 4 is 46.2 Å². The number of pyridine rings is 1. The van der Waals surface area contributed by atoms with Gasteiger partial charge in [0.1, 0.15) is 5.58 Å². The number of benzene rings is 4. The Morgan fingerprint density at radius 3 is 2.40 bits per heavy atom. The number of aromatic nitrogens is 3. The number of furan rings is 1. The van der Waals surface area contributed by atoms with Crippen molar-refractivity contribution in [2.24, 2.45) is 5.92 Å². The van der Waals surface area contributed by atoms with Crippen LogP contribution in [0.2, 0.25) is 19.6 Å². The second-order valence-corrected chi connectivity index (χ2v) is 17.3. The molecule has 0 N–H and O–H groups in total. The fourth-order valence-corrected chi connectivity index (χ4v) is 7.03. The summed E-state index contributed by atoms with van der Waals surface area (Å²) in [5.74, 6) is 0.820. The van der Waals surface area contributed by atoms with Crippen LogP contribution in [0.25, 0.3) is 55.6 Å². The molecule has 0 unspecified atom stereocenters. The predicted octanol–water partition coefficient (Wildman–Crippen LogP) is 9.71. The Morgan fingerprint density at radius 2 is 1.67 bits per heavy atom. The van der Waals surface area contributed by atoms with Crippen molar-refractivity contribution in [3.63, 3.8) is 0 Å². The Hall–Kier alpha value is -3.83. The molecule has 231 valence electrons. The summed E-state index contributed by atoms with van der Waals surface area (Å²) in [4.78, 5) is 9.43. The molecule has 1 radical (unpaired) electrons. The summed E-state index contributed by atoms with van der Waals surface area (Å²) in [5.41, 5.74) is 7.29. The van der Waals surface area contributed by atoms with Crippen LogP contribution in [0.5, 0.6) is 0 Å². The van der Waals surface area contributed by atoms with Gasteiger partial charge < -0.3 is 14.0 Å². The summed E-state index contributed by atoms with van der Waals surface area (Å²) in [6.07, 6.45) is 0.528. The van der Waals surface area contributed by atoms with E-state index < -0.39 is 14.4 Å². The zero-order valence-electron chi connectivity index (χ0n) is 28.6. The normalized spacial score (nSPS) is 12.5. The van der Waals surface area contributed by atoms with E-state index in [1.807, 2.05) is 92.8 Å². The molecule has 7 aromatic rings. The minimum Gasteiger partial charge on any atom is -0.501 e. The Balaban J connectivity index is 0.000000182. The predicted molar refractivity (Wildman–Crippen MR) is 187 cm³/mol. The van der Waals surface area contributed by atoms with Gasteiger partial charge in [0.05, 0.1) is 30.5 Å². The number of hydrogen-bond donors (Lipinski definition) is 0. The van der Waals surface area contributed by atoms with E-state index in [1.165, 1.54) is 0 Å². The molecule has 0 spiro atoms. The first kappa shape index (κ1) is 29.9. The molecular weight excluding hydrogens is 747 g/mol. The molecule has 0 amide bonds. The molecule has 4 aromatic carbocycles. The molecule has 4 nitrogen and oxygen atoms in total. The maximum absolute atomic E-state index is 8.55. The van der Waals surface area contributed by atoms with Gasteiger partial charge in [0.25, 0.3) is 0 Å². The van der Waals surface area contributed by atoms with Gasteiger partial charge in [0.2, 0.25) is 0 Å². The number of fused-ring (bicyclic) bond motifs is 4. The third-order valence-corrected chi connectivity index (χ3v) is 9.69. The van der Waals surface area contributed by atoms with Gasteiger partial charge in [-0.05, 0) is 48.3 Å². The minimum absolute atomic E-state index is 0. The van der Waals surface area contributed by atoms with Crippen LogP contribution in [-0.4, -0.2) is 22.6 Å². The van der Waals surface area contributed by atoms with Crippen molar-refractivity contribution in [2.45, 2.75) is 53.3 Å². The van der Waals surface area contributed by atoms with Crippen molar-refractivity contribution in [3.05, 3.63) is 115 Å². The molecule has 0 aliphatic rings. The Bertz CT molecular complexity index is 2150. The zero-order valence-corrected chi connectivity index (χ0v) is 30.0. The number of rotatable bonds is 6. The molecule has 45 heavy (non-hydrogen) atoms. The van der Waals surface area contributed by atoms with Crippen LogP contribution < -0.4 is 5.19 Å². The Labute approximate surface area is 283 Å². The molecule has 0 saturated heterocycles. The number of nitrogens with zero attached hydrogens (tertiary/aromatic N) is 3. The van der Waals surface area contributed by atoms with E-state index >= 15 is 0 Å². The summed E-state index contributed by atoms with van der Waals surface area (Å²) >= 11 is 0. The van der Waals surface area contributed by atoms with E-state index in [1.54, 1.807) is 0 Å². The van der Waals surface area contributed by atoms with E-state index in [2.05, 4.69) is 66.4 Å². The van der Waals surface area contributed by atoms with Crippen molar-refractivity contribution in [3.8, 4) is 22.6 Å². The van der Waals surface area contributed by atoms with E-state index in [-0.39, 0.29) is 26.0 Å². The largest absolute Gasteiger partial charge is 0.501 e. The minimum atomic E-state index is -1.67. The van der Waals surface area contributed by atoms with Gasteiger partial charge in [-0.3, -0.25) is 4.98 Å². The number of imidazole rings is 1. The molecule has 3 heterocycles. The SMILES string of the molecule is CCn1c(-c2[c-]ccc3c2oc2ccccc23)nc2ccccc21.[2H]C([2H])(c1cc(-c2[c-]cccc2)ncc1[Si](C)(C)C)C(C)C.[Ir]. The van der Waals surface area contributed by atoms with Gasteiger partial charge in [-0.15, -0.1) is 54.1 Å². The molecule has 0 saturated carbocycles. The maximum atomic E-state index is 8.55. The molecule has 3 aromatic heterocycles. The Kier molecular flexibility index (Phi) is 9.06. The topological polar surface area (TPSA) is 43.9 Å². The standard InChI is InChI=1S/C21H15N2O.C18H24NSi.Ir/c1-2-23-18-12-5-4-11-17(18)22-21(23)16-10-7-9-15-14-8-3-6-13-19(14)24-20(15)16;1-14(2)11-16-12-17(15-9-7-6-8-10-15)19-13-18(16)20(3,4)5;/h3-9,11-13H,2H2,1H3;6-9,12-14H,11H2,1-5H3;/q2*-1;/i;11D2;. The van der Waals surface area contributed by atoms with Gasteiger partial charge in [0, 0.05) is 41.0 Å². The van der Waals surface area contributed by atoms with Crippen molar-refractivity contribution in [1.29, 1.82) is 0 Å². The number of hydrogen-bond acceptors (Lipinski definition) is 3. The zero-order chi connectivity index (χ0) is 32.6. The third kappa shape index (κ3) is 6.74. The first-order valence-corrected chi connectivity index (χ1v) is 18.8. The van der Waals surface area contributed by atoms with Crippen LogP contribution >= 0.6 is 0 Å². The van der Waals surface area contributed by atoms with E-state index in [9.17, 15) is 0 Å². The van der Waals surface area contributed by atoms with Gasteiger partial charge >= 0.3 is 0 Å². The molecule has 0 bridgehead atoms. The first-order chi connectivity index (χ1) is 22.0. The quantitative estimate of drug-likeness (QED) is 0.125. The average Bonchev–Trinajstić information content (AvgIpc) is 3.63. The van der Waals surface area contributed by atoms with Crippen LogP contribution in [0.1, 0.15) is 29.1 Å². The van der Waals surface area contributed by atoms with Crippen LogP contribution in [0.15, 0.2) is 102 Å². The van der Waals surface area contributed by atoms with Crippen molar-refractivity contribution in [1.82, 2.24) is 14.5 Å². The first-order valence-electron chi connectivity index (χ1n) is 16.3. The summed E-state index contributed by atoms with van der Waals surface area (Å²) in [6.45, 7) is 13.6. The molecule has 0 aliphatic heterocycles. The van der Waals surface area contributed by atoms with E-state index in [4.69, 9.17) is 12.1 Å². The van der Waals surface area contributed by atoms with Crippen molar-refractivity contribution < 1.29 is 27.3 Å². The summed E-state index contributed by atoms with van der Waals surface area (Å²) < 4.78 is 25.5. The molecule has 6 heteroatoms. The second kappa shape index (κ2) is 13.7. The van der Waals surface area contributed by atoms with Crippen LogP contribution in [0, 0.1) is 18.1 Å². The van der Waals surface area contributed by atoms with Gasteiger partial charge in [-0.2, -0.15) is 0 Å². The average molecular weight is 788 g/mol.